The molecule has 1 unspecified atom stereocenters. The predicted molar refractivity (Wildman–Crippen MR) is 62.3 cm³/mol. The van der Waals surface area contributed by atoms with E-state index in [0.717, 1.165) is 0 Å². The van der Waals surface area contributed by atoms with Gasteiger partial charge < -0.3 is 9.84 Å². The maximum absolute atomic E-state index is 12.1. The Morgan fingerprint density at radius 3 is 2.82 bits per heavy atom. The Morgan fingerprint density at radius 1 is 1.47 bits per heavy atom. The highest BCUT2D eigenvalue weighted by Crippen LogP contribution is 2.22. The van der Waals surface area contributed by atoms with Gasteiger partial charge in [-0.15, -0.1) is 0 Å². The number of rotatable bonds is 3. The number of benzene rings is 1. The molecule has 2 N–H and O–H groups in total. The van der Waals surface area contributed by atoms with Crippen molar-refractivity contribution in [2.75, 3.05) is 13.2 Å². The van der Waals surface area contributed by atoms with Gasteiger partial charge in [-0.1, -0.05) is 6.07 Å². The van der Waals surface area contributed by atoms with Crippen molar-refractivity contribution in [3.63, 3.8) is 0 Å². The number of ether oxygens (including phenoxy) is 1. The van der Waals surface area contributed by atoms with Crippen LogP contribution in [0, 0.1) is 0 Å². The fourth-order valence-corrected chi connectivity index (χ4v) is 3.24. The highest BCUT2D eigenvalue weighted by molar-refractivity contribution is 7.89. The molecule has 1 aliphatic heterocycles. The van der Waals surface area contributed by atoms with E-state index < -0.39 is 15.6 Å². The number of sulfonamides is 1. The van der Waals surface area contributed by atoms with Crippen molar-refractivity contribution in [2.45, 2.75) is 23.8 Å². The van der Waals surface area contributed by atoms with Crippen LogP contribution in [0.2, 0.25) is 0 Å². The molecule has 6 heteroatoms. The molecule has 0 radical (unpaired) electrons. The van der Waals surface area contributed by atoms with Gasteiger partial charge >= 0.3 is 0 Å². The van der Waals surface area contributed by atoms with Gasteiger partial charge in [0.1, 0.15) is 5.75 Å². The second-order valence-corrected chi connectivity index (χ2v) is 6.15. The maximum Gasteiger partial charge on any atom is 0.241 e. The van der Waals surface area contributed by atoms with Crippen molar-refractivity contribution in [3.8, 4) is 5.75 Å². The largest absolute Gasteiger partial charge is 0.508 e. The summed E-state index contributed by atoms with van der Waals surface area (Å²) in [4.78, 5) is 0.0608. The summed E-state index contributed by atoms with van der Waals surface area (Å²) in [5, 5.41) is 9.28. The Hall–Kier alpha value is -1.11. The van der Waals surface area contributed by atoms with Gasteiger partial charge in [-0.25, -0.2) is 13.1 Å². The van der Waals surface area contributed by atoms with Crippen LogP contribution in [0.3, 0.4) is 0 Å². The molecule has 0 saturated carbocycles. The van der Waals surface area contributed by atoms with E-state index >= 15 is 0 Å². The van der Waals surface area contributed by atoms with Crippen molar-refractivity contribution in [1.29, 1.82) is 0 Å². The summed E-state index contributed by atoms with van der Waals surface area (Å²) in [7, 11) is -3.61. The van der Waals surface area contributed by atoms with Crippen LogP contribution in [0.15, 0.2) is 29.2 Å². The molecule has 0 bridgehead atoms. The van der Waals surface area contributed by atoms with Crippen LogP contribution in [0.25, 0.3) is 0 Å². The van der Waals surface area contributed by atoms with Crippen LogP contribution in [0.5, 0.6) is 5.75 Å². The molecule has 0 aromatic heterocycles. The average molecular weight is 257 g/mol. The van der Waals surface area contributed by atoms with E-state index in [9.17, 15) is 13.5 Å². The van der Waals surface area contributed by atoms with Gasteiger partial charge in [0.05, 0.1) is 17.0 Å². The number of hydrogen-bond donors (Lipinski definition) is 2. The summed E-state index contributed by atoms with van der Waals surface area (Å²) in [6.07, 6.45) is 0.644. The third-order valence-electron chi connectivity index (χ3n) is 2.73. The van der Waals surface area contributed by atoms with E-state index in [4.69, 9.17) is 4.74 Å². The van der Waals surface area contributed by atoms with Crippen LogP contribution in [0.4, 0.5) is 0 Å². The third kappa shape index (κ3) is 2.77. The van der Waals surface area contributed by atoms with Crippen molar-refractivity contribution >= 4 is 10.0 Å². The molecule has 1 aliphatic rings. The fourth-order valence-electron chi connectivity index (χ4n) is 1.78. The van der Waals surface area contributed by atoms with Gasteiger partial charge in [0.15, 0.2) is 0 Å². The summed E-state index contributed by atoms with van der Waals surface area (Å²) >= 11 is 0. The highest BCUT2D eigenvalue weighted by atomic mass is 32.2. The summed E-state index contributed by atoms with van der Waals surface area (Å²) in [6.45, 7) is 2.73. The average Bonchev–Trinajstić information content (AvgIpc) is 2.64. The molecule has 1 atom stereocenters. The molecule has 0 aliphatic carbocycles. The number of phenols is 1. The van der Waals surface area contributed by atoms with Crippen molar-refractivity contribution in [2.24, 2.45) is 0 Å². The van der Waals surface area contributed by atoms with Gasteiger partial charge in [0.25, 0.3) is 0 Å². The van der Waals surface area contributed by atoms with Crippen molar-refractivity contribution < 1.29 is 18.3 Å². The van der Waals surface area contributed by atoms with Gasteiger partial charge in [-0.3, -0.25) is 0 Å². The molecule has 1 fully saturated rings. The SMILES string of the molecule is CC1(NS(=O)(=O)c2cccc(O)c2)CCOC1. The zero-order valence-electron chi connectivity index (χ0n) is 9.51. The number of nitrogens with one attached hydrogen (secondary N) is 1. The van der Waals surface area contributed by atoms with Crippen molar-refractivity contribution in [3.05, 3.63) is 24.3 Å². The molecule has 94 valence electrons. The molecular weight excluding hydrogens is 242 g/mol. The van der Waals surface area contributed by atoms with Gasteiger partial charge in [-0.05, 0) is 31.5 Å². The zero-order valence-corrected chi connectivity index (χ0v) is 10.3. The van der Waals surface area contributed by atoms with Crippen molar-refractivity contribution in [1.82, 2.24) is 4.72 Å². The number of aromatic hydroxyl groups is 1. The normalized spacial score (nSPS) is 25.0. The zero-order chi connectivity index (χ0) is 12.5. The van der Waals surface area contributed by atoms with E-state index in [1.807, 2.05) is 0 Å². The lowest BCUT2D eigenvalue weighted by Gasteiger charge is -2.23. The quantitative estimate of drug-likeness (QED) is 0.841. The Kier molecular flexibility index (Phi) is 3.11. The Morgan fingerprint density at radius 2 is 2.24 bits per heavy atom. The smallest absolute Gasteiger partial charge is 0.241 e. The molecule has 1 aromatic rings. The Balaban J connectivity index is 2.25. The minimum atomic E-state index is -3.61. The highest BCUT2D eigenvalue weighted by Gasteiger charge is 2.34. The second kappa shape index (κ2) is 4.29. The fraction of sp³-hybridized carbons (Fsp3) is 0.455. The van der Waals surface area contributed by atoms with Crippen LogP contribution in [-0.4, -0.2) is 32.3 Å². The molecule has 1 aromatic carbocycles. The molecule has 5 nitrogen and oxygen atoms in total. The van der Waals surface area contributed by atoms with E-state index in [2.05, 4.69) is 4.72 Å². The van der Waals surface area contributed by atoms with Crippen LogP contribution >= 0.6 is 0 Å². The predicted octanol–water partition coefficient (Wildman–Crippen LogP) is 0.850. The first-order valence-electron chi connectivity index (χ1n) is 5.32. The summed E-state index contributed by atoms with van der Waals surface area (Å²) in [5.41, 5.74) is -0.565. The molecule has 0 amide bonds. The maximum atomic E-state index is 12.1. The van der Waals surface area contributed by atoms with Gasteiger partial charge in [0.2, 0.25) is 10.0 Å². The van der Waals surface area contributed by atoms with Crippen LogP contribution in [-0.2, 0) is 14.8 Å². The Bertz CT molecular complexity index is 506. The molecule has 17 heavy (non-hydrogen) atoms. The monoisotopic (exact) mass is 257 g/mol. The van der Waals surface area contributed by atoms with Gasteiger partial charge in [0, 0.05) is 6.61 Å². The van der Waals surface area contributed by atoms with Crippen LogP contribution < -0.4 is 4.72 Å². The molecular formula is C11H15NO4S. The van der Waals surface area contributed by atoms with E-state index in [1.54, 1.807) is 6.92 Å². The minimum Gasteiger partial charge on any atom is -0.508 e. The summed E-state index contributed by atoms with van der Waals surface area (Å²) in [5.74, 6) is -0.0688. The first kappa shape index (κ1) is 12.3. The Labute approximate surface area is 100 Å². The summed E-state index contributed by atoms with van der Waals surface area (Å²) in [6, 6.07) is 5.60. The van der Waals surface area contributed by atoms with E-state index in [1.165, 1.54) is 24.3 Å². The summed E-state index contributed by atoms with van der Waals surface area (Å²) < 4.78 is 31.9. The third-order valence-corrected chi connectivity index (χ3v) is 4.36. The number of hydrogen-bond acceptors (Lipinski definition) is 4. The van der Waals surface area contributed by atoms with E-state index in [-0.39, 0.29) is 10.6 Å². The lowest BCUT2D eigenvalue weighted by atomic mass is 10.0. The standard InChI is InChI=1S/C11H15NO4S/c1-11(5-6-16-8-11)12-17(14,15)10-4-2-3-9(13)7-10/h2-4,7,12-13H,5-6,8H2,1H3. The first-order valence-corrected chi connectivity index (χ1v) is 6.80. The minimum absolute atomic E-state index is 0.0608. The molecule has 0 spiro atoms. The number of phenolic OH excluding ortho intramolecular Hbond substituents is 1. The second-order valence-electron chi connectivity index (χ2n) is 4.47. The topological polar surface area (TPSA) is 75.6 Å². The lowest BCUT2D eigenvalue weighted by molar-refractivity contribution is 0.178. The first-order chi connectivity index (χ1) is 7.91. The lowest BCUT2D eigenvalue weighted by Crippen LogP contribution is -2.46. The van der Waals surface area contributed by atoms with E-state index in [0.29, 0.717) is 19.6 Å². The van der Waals surface area contributed by atoms with Crippen LogP contribution in [0.1, 0.15) is 13.3 Å². The molecule has 2 rings (SSSR count). The molecule has 1 saturated heterocycles. The van der Waals surface area contributed by atoms with Gasteiger partial charge in [-0.2, -0.15) is 0 Å². The molecule has 1 heterocycles.